The quantitative estimate of drug-likeness (QED) is 0.823. The van der Waals surface area contributed by atoms with E-state index in [9.17, 15) is 18.3 Å². The largest absolute Gasteiger partial charge is 0.416 e. The van der Waals surface area contributed by atoms with Crippen LogP contribution in [0, 0.1) is 5.92 Å². The van der Waals surface area contributed by atoms with Crippen LogP contribution in [0.15, 0.2) is 18.2 Å². The Bertz CT molecular complexity index is 476. The lowest BCUT2D eigenvalue weighted by Gasteiger charge is -2.33. The highest BCUT2D eigenvalue weighted by Crippen LogP contribution is 2.36. The fraction of sp³-hybridized carbons (Fsp3) is 0.571. The molecular weight excluding hydrogens is 269 g/mol. The molecule has 2 atom stereocenters. The lowest BCUT2D eigenvalue weighted by atomic mass is 9.87. The monoisotopic (exact) mass is 288 g/mol. The summed E-state index contributed by atoms with van der Waals surface area (Å²) >= 11 is 0. The fourth-order valence-corrected chi connectivity index (χ4v) is 2.74. The van der Waals surface area contributed by atoms with Crippen molar-refractivity contribution in [1.82, 2.24) is 4.90 Å². The van der Waals surface area contributed by atoms with Gasteiger partial charge in [0.25, 0.3) is 0 Å². The van der Waals surface area contributed by atoms with Gasteiger partial charge >= 0.3 is 6.18 Å². The average molecular weight is 288 g/mol. The van der Waals surface area contributed by atoms with Crippen LogP contribution >= 0.6 is 0 Å². The predicted octanol–water partition coefficient (Wildman–Crippen LogP) is 2.66. The maximum Gasteiger partial charge on any atom is 0.416 e. The van der Waals surface area contributed by atoms with Crippen molar-refractivity contribution in [2.24, 2.45) is 5.92 Å². The van der Waals surface area contributed by atoms with Crippen LogP contribution in [0.4, 0.5) is 18.9 Å². The number of alkyl halides is 3. The van der Waals surface area contributed by atoms with Gasteiger partial charge < -0.3 is 15.7 Å². The van der Waals surface area contributed by atoms with E-state index in [0.717, 1.165) is 38.1 Å². The number of nitrogens with two attached hydrogens (primary N) is 1. The number of likely N-dealkylation sites (tertiary alicyclic amines) is 1. The van der Waals surface area contributed by atoms with E-state index in [-0.39, 0.29) is 11.6 Å². The number of anilines is 1. The third-order valence-corrected chi connectivity index (χ3v) is 3.84. The summed E-state index contributed by atoms with van der Waals surface area (Å²) < 4.78 is 37.7. The topological polar surface area (TPSA) is 49.5 Å². The number of nitrogens with zero attached hydrogens (tertiary/aromatic N) is 1. The molecule has 0 spiro atoms. The molecule has 3 N–H and O–H groups in total. The minimum atomic E-state index is -4.41. The molecule has 6 heteroatoms. The summed E-state index contributed by atoms with van der Waals surface area (Å²) in [6, 6.07) is 3.16. The molecule has 0 bridgehead atoms. The molecule has 0 aromatic heterocycles. The summed E-state index contributed by atoms with van der Waals surface area (Å²) in [6.07, 6.45) is -3.41. The van der Waals surface area contributed by atoms with E-state index in [0.29, 0.717) is 5.56 Å². The molecule has 112 valence electrons. The zero-order valence-corrected chi connectivity index (χ0v) is 11.3. The number of aliphatic hydroxyl groups is 1. The van der Waals surface area contributed by atoms with Gasteiger partial charge in [-0.2, -0.15) is 13.2 Å². The first-order valence-electron chi connectivity index (χ1n) is 6.62. The number of hydrogen-bond acceptors (Lipinski definition) is 3. The van der Waals surface area contributed by atoms with Crippen LogP contribution in [-0.2, 0) is 6.18 Å². The average Bonchev–Trinajstić information content (AvgIpc) is 2.36. The first kappa shape index (κ1) is 15.1. The Labute approximate surface area is 116 Å². The summed E-state index contributed by atoms with van der Waals surface area (Å²) in [5, 5.41) is 10.3. The number of halogens is 3. The van der Waals surface area contributed by atoms with E-state index in [1.807, 2.05) is 7.05 Å². The van der Waals surface area contributed by atoms with E-state index in [1.54, 1.807) is 0 Å². The number of rotatable bonds is 2. The molecule has 1 heterocycles. The Hall–Kier alpha value is -1.27. The van der Waals surface area contributed by atoms with Gasteiger partial charge in [-0.25, -0.2) is 0 Å². The first-order valence-corrected chi connectivity index (χ1v) is 6.62. The van der Waals surface area contributed by atoms with Gasteiger partial charge in [0, 0.05) is 23.7 Å². The predicted molar refractivity (Wildman–Crippen MR) is 71.0 cm³/mol. The van der Waals surface area contributed by atoms with Crippen molar-refractivity contribution < 1.29 is 18.3 Å². The van der Waals surface area contributed by atoms with Gasteiger partial charge in [0.2, 0.25) is 0 Å². The second kappa shape index (κ2) is 5.61. The maximum absolute atomic E-state index is 12.6. The van der Waals surface area contributed by atoms with Crippen molar-refractivity contribution >= 4 is 5.69 Å². The van der Waals surface area contributed by atoms with Crippen molar-refractivity contribution in [2.45, 2.75) is 25.1 Å². The van der Waals surface area contributed by atoms with Crippen molar-refractivity contribution in [3.8, 4) is 0 Å². The highest BCUT2D eigenvalue weighted by atomic mass is 19.4. The minimum absolute atomic E-state index is 0.000511. The molecule has 0 saturated carbocycles. The Morgan fingerprint density at radius 2 is 2.10 bits per heavy atom. The zero-order valence-electron chi connectivity index (χ0n) is 11.3. The zero-order chi connectivity index (χ0) is 14.9. The number of hydrogen-bond donors (Lipinski definition) is 2. The standard InChI is InChI=1S/C14H19F3N2O/c1-19-6-2-3-9(8-19)13(20)11-5-4-10(7-12(11)18)14(15,16)17/h4-5,7,9,13,20H,2-3,6,8,18H2,1H3. The highest BCUT2D eigenvalue weighted by molar-refractivity contribution is 5.51. The molecule has 0 amide bonds. The second-order valence-electron chi connectivity index (χ2n) is 5.45. The molecule has 1 fully saturated rings. The number of nitrogen functional groups attached to an aromatic ring is 1. The normalized spacial score (nSPS) is 22.8. The molecule has 1 aromatic rings. The van der Waals surface area contributed by atoms with Crippen molar-refractivity contribution in [3.05, 3.63) is 29.3 Å². The Balaban J connectivity index is 2.20. The van der Waals surface area contributed by atoms with Gasteiger partial charge in [-0.05, 0) is 38.6 Å². The van der Waals surface area contributed by atoms with Gasteiger partial charge in [0.1, 0.15) is 0 Å². The lowest BCUT2D eigenvalue weighted by molar-refractivity contribution is -0.137. The van der Waals surface area contributed by atoms with Gasteiger partial charge in [-0.3, -0.25) is 0 Å². The van der Waals surface area contributed by atoms with Crippen LogP contribution in [-0.4, -0.2) is 30.1 Å². The van der Waals surface area contributed by atoms with Crippen LogP contribution in [0.1, 0.15) is 30.1 Å². The molecule has 1 aliphatic rings. The number of benzene rings is 1. The molecule has 20 heavy (non-hydrogen) atoms. The molecule has 0 radical (unpaired) electrons. The molecule has 0 aliphatic carbocycles. The smallest absolute Gasteiger partial charge is 0.398 e. The van der Waals surface area contributed by atoms with Crippen molar-refractivity contribution in [3.63, 3.8) is 0 Å². The number of piperidine rings is 1. The van der Waals surface area contributed by atoms with Crippen LogP contribution in [0.5, 0.6) is 0 Å². The molecule has 3 nitrogen and oxygen atoms in total. The Morgan fingerprint density at radius 3 is 2.65 bits per heavy atom. The molecule has 2 rings (SSSR count). The molecule has 2 unspecified atom stereocenters. The molecule has 1 aromatic carbocycles. The van der Waals surface area contributed by atoms with E-state index >= 15 is 0 Å². The molecule has 1 saturated heterocycles. The Kier molecular flexibility index (Phi) is 4.25. The third kappa shape index (κ3) is 3.24. The first-order chi connectivity index (χ1) is 9.29. The van der Waals surface area contributed by atoms with Crippen molar-refractivity contribution in [1.29, 1.82) is 0 Å². The Morgan fingerprint density at radius 1 is 1.40 bits per heavy atom. The summed E-state index contributed by atoms with van der Waals surface area (Å²) in [5.41, 5.74) is 5.29. The lowest BCUT2D eigenvalue weighted by Crippen LogP contribution is -2.35. The third-order valence-electron chi connectivity index (χ3n) is 3.84. The van der Waals surface area contributed by atoms with Gasteiger partial charge in [0.15, 0.2) is 0 Å². The highest BCUT2D eigenvalue weighted by Gasteiger charge is 2.32. The second-order valence-corrected chi connectivity index (χ2v) is 5.45. The minimum Gasteiger partial charge on any atom is -0.398 e. The fourth-order valence-electron chi connectivity index (χ4n) is 2.74. The SMILES string of the molecule is CN1CCCC(C(O)c2ccc(C(F)(F)F)cc2N)C1. The summed E-state index contributed by atoms with van der Waals surface area (Å²) in [5.74, 6) is 0.00721. The van der Waals surface area contributed by atoms with Crippen LogP contribution in [0.3, 0.4) is 0 Å². The van der Waals surface area contributed by atoms with Crippen LogP contribution < -0.4 is 5.73 Å². The molecule has 1 aliphatic heterocycles. The van der Waals surface area contributed by atoms with E-state index in [2.05, 4.69) is 4.90 Å². The van der Waals surface area contributed by atoms with E-state index < -0.39 is 17.8 Å². The summed E-state index contributed by atoms with van der Waals surface area (Å²) in [7, 11) is 1.97. The number of aliphatic hydroxyl groups excluding tert-OH is 1. The van der Waals surface area contributed by atoms with Crippen LogP contribution in [0.2, 0.25) is 0 Å². The molecular formula is C14H19F3N2O. The van der Waals surface area contributed by atoms with Crippen molar-refractivity contribution in [2.75, 3.05) is 25.9 Å². The van der Waals surface area contributed by atoms with Gasteiger partial charge in [-0.15, -0.1) is 0 Å². The summed E-state index contributed by atoms with van der Waals surface area (Å²) in [4.78, 5) is 2.11. The van der Waals surface area contributed by atoms with Crippen LogP contribution in [0.25, 0.3) is 0 Å². The van der Waals surface area contributed by atoms with Gasteiger partial charge in [-0.1, -0.05) is 6.07 Å². The maximum atomic E-state index is 12.6. The summed E-state index contributed by atoms with van der Waals surface area (Å²) in [6.45, 7) is 1.70. The van der Waals surface area contributed by atoms with E-state index in [1.165, 1.54) is 6.07 Å². The van der Waals surface area contributed by atoms with E-state index in [4.69, 9.17) is 5.73 Å². The van der Waals surface area contributed by atoms with Gasteiger partial charge in [0.05, 0.1) is 11.7 Å².